The van der Waals surface area contributed by atoms with Crippen LogP contribution in [0.5, 0.6) is 0 Å². The molecule has 5 nitrogen and oxygen atoms in total. The highest BCUT2D eigenvalue weighted by molar-refractivity contribution is 5.87. The molecule has 21 heavy (non-hydrogen) atoms. The van der Waals surface area contributed by atoms with E-state index in [1.165, 1.54) is 0 Å². The number of aromatic nitrogens is 1. The molecule has 2 aliphatic carbocycles. The summed E-state index contributed by atoms with van der Waals surface area (Å²) in [6, 6.07) is 3.54. The third-order valence-electron chi connectivity index (χ3n) is 4.61. The summed E-state index contributed by atoms with van der Waals surface area (Å²) >= 11 is 0. The highest BCUT2D eigenvalue weighted by Crippen LogP contribution is 2.48. The molecule has 2 N–H and O–H groups in total. The minimum absolute atomic E-state index is 0.000480. The number of carboxylic acid groups (broad SMARTS) is 1. The van der Waals surface area contributed by atoms with Gasteiger partial charge in [0.25, 0.3) is 0 Å². The van der Waals surface area contributed by atoms with Crippen molar-refractivity contribution in [2.24, 2.45) is 23.7 Å². The summed E-state index contributed by atoms with van der Waals surface area (Å²) in [5, 5.41) is 12.3. The lowest BCUT2D eigenvalue weighted by atomic mass is 9.82. The van der Waals surface area contributed by atoms with E-state index in [2.05, 4.69) is 10.3 Å². The first-order valence-electron chi connectivity index (χ1n) is 7.19. The van der Waals surface area contributed by atoms with Gasteiger partial charge >= 0.3 is 5.97 Å². The number of nitrogens with one attached hydrogen (secondary N) is 1. The first kappa shape index (κ1) is 13.8. The summed E-state index contributed by atoms with van der Waals surface area (Å²) < 4.78 is 0. The number of hydrogen-bond donors (Lipinski definition) is 2. The molecule has 0 unspecified atom stereocenters. The molecule has 1 saturated carbocycles. The average Bonchev–Trinajstić information content (AvgIpc) is 3.08. The van der Waals surface area contributed by atoms with Gasteiger partial charge in [0.2, 0.25) is 5.91 Å². The van der Waals surface area contributed by atoms with Crippen LogP contribution in [0.4, 0.5) is 0 Å². The molecule has 0 spiro atoms. The molecule has 0 saturated heterocycles. The molecule has 2 aliphatic rings. The molecule has 5 atom stereocenters. The van der Waals surface area contributed by atoms with Crippen LogP contribution < -0.4 is 5.32 Å². The molecule has 1 aromatic heterocycles. The Morgan fingerprint density at radius 2 is 1.86 bits per heavy atom. The molecule has 3 rings (SSSR count). The van der Waals surface area contributed by atoms with E-state index in [0.29, 0.717) is 0 Å². The smallest absolute Gasteiger partial charge is 0.307 e. The van der Waals surface area contributed by atoms with Crippen LogP contribution in [0.2, 0.25) is 0 Å². The molecule has 110 valence electrons. The fourth-order valence-corrected chi connectivity index (χ4v) is 3.56. The highest BCUT2D eigenvalue weighted by atomic mass is 16.4. The van der Waals surface area contributed by atoms with E-state index < -0.39 is 17.8 Å². The van der Waals surface area contributed by atoms with E-state index in [-0.39, 0.29) is 23.8 Å². The third-order valence-corrected chi connectivity index (χ3v) is 4.61. The molecule has 0 aromatic carbocycles. The van der Waals surface area contributed by atoms with Gasteiger partial charge in [0.05, 0.1) is 17.9 Å². The number of pyridine rings is 1. The zero-order valence-corrected chi connectivity index (χ0v) is 11.8. The predicted molar refractivity (Wildman–Crippen MR) is 76.1 cm³/mol. The van der Waals surface area contributed by atoms with Crippen LogP contribution in [0.25, 0.3) is 0 Å². The quantitative estimate of drug-likeness (QED) is 0.827. The van der Waals surface area contributed by atoms with Crippen LogP contribution in [0.1, 0.15) is 24.9 Å². The largest absolute Gasteiger partial charge is 0.481 e. The fraction of sp³-hybridized carbons (Fsp3) is 0.438. The Labute approximate surface area is 123 Å². The summed E-state index contributed by atoms with van der Waals surface area (Å²) in [5.41, 5.74) is 0.962. The Balaban J connectivity index is 1.73. The van der Waals surface area contributed by atoms with Crippen LogP contribution in [0.3, 0.4) is 0 Å². The van der Waals surface area contributed by atoms with Gasteiger partial charge in [-0.05, 0) is 42.9 Å². The molecule has 5 heteroatoms. The van der Waals surface area contributed by atoms with Gasteiger partial charge in [-0.3, -0.25) is 14.6 Å². The number of allylic oxidation sites excluding steroid dienone is 2. The molecule has 1 amide bonds. The van der Waals surface area contributed by atoms with Gasteiger partial charge < -0.3 is 10.4 Å². The van der Waals surface area contributed by atoms with E-state index in [4.69, 9.17) is 0 Å². The Bertz CT molecular complexity index is 584. The van der Waals surface area contributed by atoms with E-state index in [0.717, 1.165) is 12.0 Å². The maximum Gasteiger partial charge on any atom is 0.307 e. The summed E-state index contributed by atoms with van der Waals surface area (Å²) in [6.45, 7) is 1.89. The number of rotatable bonds is 4. The lowest BCUT2D eigenvalue weighted by molar-refractivity contribution is -0.148. The van der Waals surface area contributed by atoms with Crippen LogP contribution in [0.15, 0.2) is 36.7 Å². The van der Waals surface area contributed by atoms with Gasteiger partial charge in [-0.1, -0.05) is 12.2 Å². The van der Waals surface area contributed by atoms with E-state index >= 15 is 0 Å². The second-order valence-electron chi connectivity index (χ2n) is 5.85. The maximum atomic E-state index is 12.5. The van der Waals surface area contributed by atoms with Crippen molar-refractivity contribution < 1.29 is 14.7 Å². The van der Waals surface area contributed by atoms with Crippen molar-refractivity contribution in [1.82, 2.24) is 10.3 Å². The molecule has 1 fully saturated rings. The van der Waals surface area contributed by atoms with Gasteiger partial charge in [-0.25, -0.2) is 0 Å². The second kappa shape index (κ2) is 5.31. The number of amides is 1. The minimum Gasteiger partial charge on any atom is -0.481 e. The zero-order valence-electron chi connectivity index (χ0n) is 11.8. The summed E-state index contributed by atoms with van der Waals surface area (Å²) in [6.07, 6.45) is 8.07. The van der Waals surface area contributed by atoms with Crippen molar-refractivity contribution in [1.29, 1.82) is 0 Å². The zero-order chi connectivity index (χ0) is 15.0. The van der Waals surface area contributed by atoms with Gasteiger partial charge in [-0.2, -0.15) is 0 Å². The first-order chi connectivity index (χ1) is 10.1. The molecule has 0 aliphatic heterocycles. The predicted octanol–water partition coefficient (Wildman–Crippen LogP) is 1.78. The van der Waals surface area contributed by atoms with Gasteiger partial charge in [0.1, 0.15) is 0 Å². The van der Waals surface area contributed by atoms with Gasteiger partial charge in [-0.15, -0.1) is 0 Å². The lowest BCUT2D eigenvalue weighted by Crippen LogP contribution is -2.41. The number of aliphatic carboxylic acids is 1. The van der Waals surface area contributed by atoms with Crippen molar-refractivity contribution in [3.05, 3.63) is 42.2 Å². The van der Waals surface area contributed by atoms with E-state index in [9.17, 15) is 14.7 Å². The SMILES string of the molecule is C[C@H](NC(=O)[C@@H]1[C@H](C(=O)O)[C@H]2C=C[C@H]1C2)c1ccncc1. The van der Waals surface area contributed by atoms with Crippen molar-refractivity contribution in [2.75, 3.05) is 0 Å². The number of carboxylic acids is 1. The Hall–Kier alpha value is -2.17. The van der Waals surface area contributed by atoms with Crippen molar-refractivity contribution in [3.8, 4) is 0 Å². The van der Waals surface area contributed by atoms with Crippen molar-refractivity contribution in [3.63, 3.8) is 0 Å². The molecule has 2 bridgehead atoms. The molecule has 0 radical (unpaired) electrons. The van der Waals surface area contributed by atoms with Crippen LogP contribution in [-0.4, -0.2) is 22.0 Å². The summed E-state index contributed by atoms with van der Waals surface area (Å²) in [4.78, 5) is 27.9. The molecular formula is C16H18N2O3. The molecule has 1 aromatic rings. The van der Waals surface area contributed by atoms with Gasteiger partial charge in [0, 0.05) is 12.4 Å². The topological polar surface area (TPSA) is 79.3 Å². The van der Waals surface area contributed by atoms with Gasteiger partial charge in [0.15, 0.2) is 0 Å². The summed E-state index contributed by atoms with van der Waals surface area (Å²) in [5.74, 6) is -2.03. The lowest BCUT2D eigenvalue weighted by Gasteiger charge is -2.25. The minimum atomic E-state index is -0.872. The van der Waals surface area contributed by atoms with Crippen LogP contribution >= 0.6 is 0 Å². The maximum absolute atomic E-state index is 12.5. The van der Waals surface area contributed by atoms with E-state index in [1.54, 1.807) is 12.4 Å². The van der Waals surface area contributed by atoms with E-state index in [1.807, 2.05) is 31.2 Å². The fourth-order valence-electron chi connectivity index (χ4n) is 3.56. The number of carbonyl (C=O) groups excluding carboxylic acids is 1. The van der Waals surface area contributed by atoms with Crippen LogP contribution in [-0.2, 0) is 9.59 Å². The Kier molecular flexibility index (Phi) is 3.49. The van der Waals surface area contributed by atoms with Crippen molar-refractivity contribution >= 4 is 11.9 Å². The average molecular weight is 286 g/mol. The number of hydrogen-bond acceptors (Lipinski definition) is 3. The highest BCUT2D eigenvalue weighted by Gasteiger charge is 2.51. The monoisotopic (exact) mass is 286 g/mol. The van der Waals surface area contributed by atoms with Crippen LogP contribution in [0, 0.1) is 23.7 Å². The summed E-state index contributed by atoms with van der Waals surface area (Å²) in [7, 11) is 0. The molecule has 1 heterocycles. The number of fused-ring (bicyclic) bond motifs is 2. The normalized spacial score (nSPS) is 31.1. The number of carbonyl (C=O) groups is 2. The third kappa shape index (κ3) is 2.44. The second-order valence-corrected chi connectivity index (χ2v) is 5.85. The Morgan fingerprint density at radius 1 is 1.24 bits per heavy atom. The standard InChI is InChI=1S/C16H18N2O3/c1-9(10-4-6-17-7-5-10)18-15(19)13-11-2-3-12(8-11)14(13)16(20)21/h2-7,9,11-14H,8H2,1H3,(H,18,19)(H,20,21)/t9-,11-,12-,13-,14+/m0/s1. The Morgan fingerprint density at radius 3 is 2.48 bits per heavy atom. The number of nitrogens with zero attached hydrogens (tertiary/aromatic N) is 1. The molecular weight excluding hydrogens is 268 g/mol. The van der Waals surface area contributed by atoms with Crippen molar-refractivity contribution in [2.45, 2.75) is 19.4 Å². The first-order valence-corrected chi connectivity index (χ1v) is 7.19.